The highest BCUT2D eigenvalue weighted by molar-refractivity contribution is 9.10. The highest BCUT2D eigenvalue weighted by Crippen LogP contribution is 2.35. The lowest BCUT2D eigenvalue weighted by molar-refractivity contribution is 0.0696. The van der Waals surface area contributed by atoms with Crippen LogP contribution >= 0.6 is 27.7 Å². The quantitative estimate of drug-likeness (QED) is 0.864. The average Bonchev–Trinajstić information content (AvgIpc) is 2.34. The lowest BCUT2D eigenvalue weighted by Crippen LogP contribution is -1.95. The monoisotopic (exact) mass is 336 g/mol. The van der Waals surface area contributed by atoms with Gasteiger partial charge in [-0.25, -0.2) is 4.79 Å². The van der Waals surface area contributed by atoms with Gasteiger partial charge in [0.15, 0.2) is 0 Å². The smallest absolute Gasteiger partial charge is 0.335 e. The third kappa shape index (κ3) is 3.39. The second-order valence-electron chi connectivity index (χ2n) is 4.32. The van der Waals surface area contributed by atoms with E-state index >= 15 is 0 Å². The number of hydrogen-bond donors (Lipinski definition) is 1. The Morgan fingerprint density at radius 2 is 1.79 bits per heavy atom. The molecule has 98 valence electrons. The molecular weight excluding hydrogens is 324 g/mol. The van der Waals surface area contributed by atoms with Gasteiger partial charge in [0.2, 0.25) is 0 Å². The van der Waals surface area contributed by atoms with Crippen molar-refractivity contribution in [2.24, 2.45) is 0 Å². The van der Waals surface area contributed by atoms with Crippen molar-refractivity contribution in [3.05, 3.63) is 57.6 Å². The lowest BCUT2D eigenvalue weighted by Gasteiger charge is -2.08. The van der Waals surface area contributed by atoms with Crippen LogP contribution in [0.25, 0.3) is 0 Å². The van der Waals surface area contributed by atoms with Crippen LogP contribution in [0, 0.1) is 13.8 Å². The van der Waals surface area contributed by atoms with Crippen molar-refractivity contribution in [2.75, 3.05) is 0 Å². The van der Waals surface area contributed by atoms with Gasteiger partial charge in [0.05, 0.1) is 5.56 Å². The van der Waals surface area contributed by atoms with Gasteiger partial charge in [-0.3, -0.25) is 0 Å². The number of carboxylic acid groups (broad SMARTS) is 1. The van der Waals surface area contributed by atoms with Crippen molar-refractivity contribution >= 4 is 33.7 Å². The van der Waals surface area contributed by atoms with Crippen LogP contribution in [0.5, 0.6) is 0 Å². The molecule has 0 heterocycles. The molecule has 0 saturated carbocycles. The lowest BCUT2D eigenvalue weighted by atomic mass is 10.2. The number of halogens is 1. The standard InChI is InChI=1S/C15H13BrO2S/c1-9-3-5-13(10(2)7-9)19-14-6-4-11(15(17)18)8-12(14)16/h3-8H,1-2H3,(H,17,18). The van der Waals surface area contributed by atoms with E-state index in [0.29, 0.717) is 0 Å². The van der Waals surface area contributed by atoms with Crippen LogP contribution in [0.1, 0.15) is 21.5 Å². The first kappa shape index (κ1) is 14.2. The highest BCUT2D eigenvalue weighted by Gasteiger charge is 2.09. The van der Waals surface area contributed by atoms with Crippen molar-refractivity contribution in [3.63, 3.8) is 0 Å². The number of hydrogen-bond acceptors (Lipinski definition) is 2. The first-order valence-electron chi connectivity index (χ1n) is 5.75. The van der Waals surface area contributed by atoms with Gasteiger partial charge in [0.1, 0.15) is 0 Å². The molecule has 0 bridgehead atoms. The SMILES string of the molecule is Cc1ccc(Sc2ccc(C(=O)O)cc2Br)c(C)c1. The van der Waals surface area contributed by atoms with Gasteiger partial charge in [-0.2, -0.15) is 0 Å². The molecule has 0 radical (unpaired) electrons. The minimum Gasteiger partial charge on any atom is -0.478 e. The summed E-state index contributed by atoms with van der Waals surface area (Å²) < 4.78 is 0.803. The molecule has 0 aliphatic rings. The van der Waals surface area contributed by atoms with Gasteiger partial charge in [0.25, 0.3) is 0 Å². The van der Waals surface area contributed by atoms with E-state index in [1.807, 2.05) is 6.07 Å². The predicted octanol–water partition coefficient (Wildman–Crippen LogP) is 4.92. The van der Waals surface area contributed by atoms with E-state index in [1.165, 1.54) is 16.0 Å². The molecule has 0 amide bonds. The first-order valence-corrected chi connectivity index (χ1v) is 7.36. The Morgan fingerprint density at radius 1 is 1.11 bits per heavy atom. The van der Waals surface area contributed by atoms with E-state index in [0.717, 1.165) is 9.37 Å². The van der Waals surface area contributed by atoms with E-state index in [4.69, 9.17) is 5.11 Å². The molecule has 1 N–H and O–H groups in total. The fraction of sp³-hybridized carbons (Fsp3) is 0.133. The molecule has 19 heavy (non-hydrogen) atoms. The summed E-state index contributed by atoms with van der Waals surface area (Å²) in [5, 5.41) is 8.94. The van der Waals surface area contributed by atoms with Crippen molar-refractivity contribution in [3.8, 4) is 0 Å². The fourth-order valence-electron chi connectivity index (χ4n) is 1.75. The Morgan fingerprint density at radius 3 is 2.37 bits per heavy atom. The van der Waals surface area contributed by atoms with E-state index in [-0.39, 0.29) is 5.56 Å². The van der Waals surface area contributed by atoms with Crippen molar-refractivity contribution in [2.45, 2.75) is 23.6 Å². The molecule has 2 aromatic carbocycles. The number of carboxylic acids is 1. The molecule has 0 aromatic heterocycles. The van der Waals surface area contributed by atoms with E-state index in [1.54, 1.807) is 23.9 Å². The number of aromatic carboxylic acids is 1. The Hall–Kier alpha value is -1.26. The Bertz CT molecular complexity index is 638. The Balaban J connectivity index is 2.31. The summed E-state index contributed by atoms with van der Waals surface area (Å²) in [5.41, 5.74) is 2.75. The summed E-state index contributed by atoms with van der Waals surface area (Å²) in [6, 6.07) is 11.4. The van der Waals surface area contributed by atoms with Gasteiger partial charge >= 0.3 is 5.97 Å². The van der Waals surface area contributed by atoms with Crippen LogP contribution in [0.4, 0.5) is 0 Å². The van der Waals surface area contributed by atoms with Gasteiger partial charge in [-0.1, -0.05) is 29.5 Å². The van der Waals surface area contributed by atoms with E-state index in [2.05, 4.69) is 48.0 Å². The number of aryl methyl sites for hydroxylation is 2. The first-order chi connectivity index (χ1) is 8.97. The topological polar surface area (TPSA) is 37.3 Å². The van der Waals surface area contributed by atoms with Gasteiger partial charge in [0, 0.05) is 14.3 Å². The predicted molar refractivity (Wildman–Crippen MR) is 81.1 cm³/mol. The fourth-order valence-corrected chi connectivity index (χ4v) is 3.26. The van der Waals surface area contributed by atoms with Crippen molar-refractivity contribution in [1.29, 1.82) is 0 Å². The van der Waals surface area contributed by atoms with Crippen LogP contribution in [0.2, 0.25) is 0 Å². The molecule has 4 heteroatoms. The summed E-state index contributed by atoms with van der Waals surface area (Å²) >= 11 is 5.06. The average molecular weight is 337 g/mol. The maximum atomic E-state index is 10.9. The molecule has 0 spiro atoms. The summed E-state index contributed by atoms with van der Waals surface area (Å²) in [5.74, 6) is -0.913. The second-order valence-corrected chi connectivity index (χ2v) is 6.26. The molecule has 0 aliphatic carbocycles. The van der Waals surface area contributed by atoms with Crippen LogP contribution in [-0.2, 0) is 0 Å². The van der Waals surface area contributed by atoms with Gasteiger partial charge < -0.3 is 5.11 Å². The van der Waals surface area contributed by atoms with E-state index < -0.39 is 5.97 Å². The van der Waals surface area contributed by atoms with Gasteiger partial charge in [-0.05, 0) is 59.6 Å². The van der Waals surface area contributed by atoms with Crippen LogP contribution < -0.4 is 0 Å². The Kier molecular flexibility index (Phi) is 4.32. The molecule has 2 rings (SSSR count). The third-order valence-electron chi connectivity index (χ3n) is 2.73. The second kappa shape index (κ2) is 5.80. The zero-order valence-corrected chi connectivity index (χ0v) is 13.0. The Labute approximate surface area is 125 Å². The molecule has 0 fully saturated rings. The number of rotatable bonds is 3. The summed E-state index contributed by atoms with van der Waals surface area (Å²) in [7, 11) is 0. The van der Waals surface area contributed by atoms with Gasteiger partial charge in [-0.15, -0.1) is 0 Å². The molecule has 2 aromatic rings. The minimum atomic E-state index is -0.913. The van der Waals surface area contributed by atoms with Crippen molar-refractivity contribution < 1.29 is 9.90 Å². The zero-order chi connectivity index (χ0) is 14.0. The largest absolute Gasteiger partial charge is 0.478 e. The van der Waals surface area contributed by atoms with Crippen LogP contribution in [-0.4, -0.2) is 11.1 Å². The normalized spacial score (nSPS) is 10.5. The third-order valence-corrected chi connectivity index (χ3v) is 4.90. The minimum absolute atomic E-state index is 0.289. The zero-order valence-electron chi connectivity index (χ0n) is 10.6. The molecule has 0 unspecified atom stereocenters. The van der Waals surface area contributed by atoms with E-state index in [9.17, 15) is 4.79 Å². The molecular formula is C15H13BrO2S. The highest BCUT2D eigenvalue weighted by atomic mass is 79.9. The molecule has 0 aliphatic heterocycles. The van der Waals surface area contributed by atoms with Crippen LogP contribution in [0.3, 0.4) is 0 Å². The number of benzene rings is 2. The summed E-state index contributed by atoms with van der Waals surface area (Å²) in [4.78, 5) is 13.1. The molecule has 0 saturated heterocycles. The maximum absolute atomic E-state index is 10.9. The summed E-state index contributed by atoms with van der Waals surface area (Å²) in [6.07, 6.45) is 0. The molecule has 2 nitrogen and oxygen atoms in total. The number of carbonyl (C=O) groups is 1. The van der Waals surface area contributed by atoms with Crippen LogP contribution in [0.15, 0.2) is 50.7 Å². The molecule has 0 atom stereocenters. The maximum Gasteiger partial charge on any atom is 0.335 e. The summed E-state index contributed by atoms with van der Waals surface area (Å²) in [6.45, 7) is 4.15. The van der Waals surface area contributed by atoms with Crippen molar-refractivity contribution in [1.82, 2.24) is 0 Å².